The molecule has 2 N–H and O–H groups in total. The Bertz CT molecular complexity index is 349. The van der Waals surface area contributed by atoms with Crippen molar-refractivity contribution in [2.75, 3.05) is 13.1 Å². The summed E-state index contributed by atoms with van der Waals surface area (Å²) in [6, 6.07) is 3.00. The highest BCUT2D eigenvalue weighted by Gasteiger charge is 2.12. The van der Waals surface area contributed by atoms with Crippen LogP contribution in [0.2, 0.25) is 0 Å². The Morgan fingerprint density at radius 2 is 2.11 bits per heavy atom. The fourth-order valence-electron chi connectivity index (χ4n) is 2.66. The van der Waals surface area contributed by atoms with Crippen molar-refractivity contribution in [3.63, 3.8) is 0 Å². The maximum absolute atomic E-state index is 3.63. The van der Waals surface area contributed by atoms with Gasteiger partial charge in [0.25, 0.3) is 0 Å². The van der Waals surface area contributed by atoms with Gasteiger partial charge < -0.3 is 10.6 Å². The minimum atomic E-state index is 0.549. The quantitative estimate of drug-likeness (QED) is 0.590. The molecular formula is C16H28N2S. The van der Waals surface area contributed by atoms with E-state index in [1.54, 1.807) is 10.4 Å². The van der Waals surface area contributed by atoms with Crippen LogP contribution in [0, 0.1) is 0 Å². The normalized spacial score (nSPS) is 16.9. The Labute approximate surface area is 122 Å². The van der Waals surface area contributed by atoms with Crippen LogP contribution in [0.15, 0.2) is 6.07 Å². The molecule has 1 aliphatic rings. The molecule has 3 heteroatoms. The Balaban J connectivity index is 1.76. The van der Waals surface area contributed by atoms with Gasteiger partial charge in [0.05, 0.1) is 0 Å². The molecule has 2 rings (SSSR count). The molecule has 0 radical (unpaired) electrons. The average Bonchev–Trinajstić information content (AvgIpc) is 2.67. The fourth-order valence-corrected chi connectivity index (χ4v) is 3.87. The minimum Gasteiger partial charge on any atom is -0.315 e. The Hall–Kier alpha value is -0.380. The van der Waals surface area contributed by atoms with Crippen LogP contribution in [0.3, 0.4) is 0 Å². The highest BCUT2D eigenvalue weighted by molar-refractivity contribution is 7.12. The molecule has 1 atom stereocenters. The number of thiophene rings is 1. The Morgan fingerprint density at radius 3 is 2.95 bits per heavy atom. The van der Waals surface area contributed by atoms with Crippen LogP contribution >= 0.6 is 11.3 Å². The van der Waals surface area contributed by atoms with Crippen LogP contribution in [-0.4, -0.2) is 19.1 Å². The predicted molar refractivity (Wildman–Crippen MR) is 85.0 cm³/mol. The van der Waals surface area contributed by atoms with Crippen LogP contribution in [0.1, 0.15) is 54.8 Å². The lowest BCUT2D eigenvalue weighted by atomic mass is 10.1. The first-order valence-electron chi connectivity index (χ1n) is 7.84. The lowest BCUT2D eigenvalue weighted by Crippen LogP contribution is -2.36. The third-order valence-corrected chi connectivity index (χ3v) is 5.04. The van der Waals surface area contributed by atoms with Gasteiger partial charge in [-0.2, -0.15) is 0 Å². The maximum atomic E-state index is 3.63. The van der Waals surface area contributed by atoms with E-state index in [1.807, 2.05) is 11.3 Å². The molecule has 0 saturated carbocycles. The Morgan fingerprint density at radius 1 is 1.26 bits per heavy atom. The van der Waals surface area contributed by atoms with Crippen molar-refractivity contribution in [1.29, 1.82) is 0 Å². The van der Waals surface area contributed by atoms with Crippen LogP contribution in [0.4, 0.5) is 0 Å². The number of rotatable bonds is 7. The second-order valence-electron chi connectivity index (χ2n) is 5.71. The summed E-state index contributed by atoms with van der Waals surface area (Å²) < 4.78 is 0. The van der Waals surface area contributed by atoms with E-state index in [4.69, 9.17) is 0 Å². The van der Waals surface area contributed by atoms with Gasteiger partial charge >= 0.3 is 0 Å². The van der Waals surface area contributed by atoms with Crippen molar-refractivity contribution < 1.29 is 0 Å². The third-order valence-electron chi connectivity index (χ3n) is 3.80. The monoisotopic (exact) mass is 280 g/mol. The third kappa shape index (κ3) is 4.90. The number of nitrogens with one attached hydrogen (secondary N) is 2. The molecule has 0 aliphatic heterocycles. The van der Waals surface area contributed by atoms with Crippen molar-refractivity contribution >= 4 is 11.3 Å². The van der Waals surface area contributed by atoms with Gasteiger partial charge in [-0.3, -0.25) is 0 Å². The van der Waals surface area contributed by atoms with Crippen LogP contribution in [-0.2, 0) is 19.4 Å². The molecule has 1 heterocycles. The molecule has 108 valence electrons. The molecule has 0 spiro atoms. The summed E-state index contributed by atoms with van der Waals surface area (Å²) in [5.74, 6) is 0. The molecule has 0 amide bonds. The van der Waals surface area contributed by atoms with Gasteiger partial charge in [-0.15, -0.1) is 11.3 Å². The molecule has 2 nitrogen and oxygen atoms in total. The number of fused-ring (bicyclic) bond motifs is 1. The van der Waals surface area contributed by atoms with Crippen molar-refractivity contribution in [3.05, 3.63) is 21.4 Å². The highest BCUT2D eigenvalue weighted by atomic mass is 32.1. The Kier molecular flexibility index (Phi) is 6.35. The molecule has 0 fully saturated rings. The zero-order valence-electron chi connectivity index (χ0n) is 12.4. The maximum Gasteiger partial charge on any atom is 0.0302 e. The fraction of sp³-hybridized carbons (Fsp3) is 0.750. The second-order valence-corrected chi connectivity index (χ2v) is 6.93. The summed E-state index contributed by atoms with van der Waals surface area (Å²) in [6.45, 7) is 7.70. The predicted octanol–water partition coefficient (Wildman–Crippen LogP) is 3.49. The van der Waals surface area contributed by atoms with Crippen molar-refractivity contribution in [3.8, 4) is 0 Å². The first-order chi connectivity index (χ1) is 9.29. The molecule has 1 aromatic rings. The van der Waals surface area contributed by atoms with Gasteiger partial charge in [-0.25, -0.2) is 0 Å². The summed E-state index contributed by atoms with van der Waals surface area (Å²) in [6.07, 6.45) is 8.01. The standard InChI is InChI=1S/C16H28N2S/c1-3-9-17-11-13(2)18-12-15-10-14-7-5-4-6-8-16(14)19-15/h10,13,17-18H,3-9,11-12H2,1-2H3. The van der Waals surface area contributed by atoms with Gasteiger partial charge in [0, 0.05) is 28.9 Å². The zero-order valence-corrected chi connectivity index (χ0v) is 13.2. The summed E-state index contributed by atoms with van der Waals surface area (Å²) in [5.41, 5.74) is 1.64. The lowest BCUT2D eigenvalue weighted by Gasteiger charge is -2.13. The van der Waals surface area contributed by atoms with Crippen molar-refractivity contribution in [1.82, 2.24) is 10.6 Å². The lowest BCUT2D eigenvalue weighted by molar-refractivity contribution is 0.503. The van der Waals surface area contributed by atoms with E-state index in [9.17, 15) is 0 Å². The van der Waals surface area contributed by atoms with E-state index < -0.39 is 0 Å². The van der Waals surface area contributed by atoms with Gasteiger partial charge in [0.1, 0.15) is 0 Å². The summed E-state index contributed by atoms with van der Waals surface area (Å²) in [5, 5.41) is 7.10. The summed E-state index contributed by atoms with van der Waals surface area (Å²) >= 11 is 2.04. The zero-order chi connectivity index (χ0) is 13.5. The first-order valence-corrected chi connectivity index (χ1v) is 8.65. The van der Waals surface area contributed by atoms with E-state index >= 15 is 0 Å². The van der Waals surface area contributed by atoms with Gasteiger partial charge in [-0.05, 0) is 57.2 Å². The van der Waals surface area contributed by atoms with Crippen LogP contribution < -0.4 is 10.6 Å². The van der Waals surface area contributed by atoms with Crippen molar-refractivity contribution in [2.45, 2.75) is 65.0 Å². The molecule has 0 aromatic carbocycles. The van der Waals surface area contributed by atoms with Gasteiger partial charge in [0.2, 0.25) is 0 Å². The first kappa shape index (κ1) is 15.0. The van der Waals surface area contributed by atoms with E-state index in [2.05, 4.69) is 30.5 Å². The van der Waals surface area contributed by atoms with Crippen LogP contribution in [0.25, 0.3) is 0 Å². The number of hydrogen-bond acceptors (Lipinski definition) is 3. The molecule has 1 aliphatic carbocycles. The van der Waals surface area contributed by atoms with E-state index in [0.717, 1.165) is 19.6 Å². The molecule has 19 heavy (non-hydrogen) atoms. The van der Waals surface area contributed by atoms with Crippen molar-refractivity contribution in [2.24, 2.45) is 0 Å². The van der Waals surface area contributed by atoms with E-state index in [1.165, 1.54) is 43.4 Å². The SMILES string of the molecule is CCCNCC(C)NCc1cc2c(s1)CCCCC2. The molecule has 0 bridgehead atoms. The molecule has 1 unspecified atom stereocenters. The van der Waals surface area contributed by atoms with Gasteiger partial charge in [-0.1, -0.05) is 13.3 Å². The highest BCUT2D eigenvalue weighted by Crippen LogP contribution is 2.28. The average molecular weight is 280 g/mol. The molecule has 1 aromatic heterocycles. The van der Waals surface area contributed by atoms with Gasteiger partial charge in [0.15, 0.2) is 0 Å². The van der Waals surface area contributed by atoms with E-state index in [-0.39, 0.29) is 0 Å². The molecular weight excluding hydrogens is 252 g/mol. The largest absolute Gasteiger partial charge is 0.315 e. The number of hydrogen-bond donors (Lipinski definition) is 2. The number of aryl methyl sites for hydroxylation is 2. The smallest absolute Gasteiger partial charge is 0.0302 e. The summed E-state index contributed by atoms with van der Waals surface area (Å²) in [4.78, 5) is 3.18. The van der Waals surface area contributed by atoms with E-state index in [0.29, 0.717) is 6.04 Å². The van der Waals surface area contributed by atoms with Crippen LogP contribution in [0.5, 0.6) is 0 Å². The summed E-state index contributed by atoms with van der Waals surface area (Å²) in [7, 11) is 0. The second kappa shape index (κ2) is 8.03. The minimum absolute atomic E-state index is 0.549. The molecule has 0 saturated heterocycles. The topological polar surface area (TPSA) is 24.1 Å².